The van der Waals surface area contributed by atoms with Gasteiger partial charge in [-0.05, 0) is 41.8 Å². The van der Waals surface area contributed by atoms with Crippen LogP contribution in [-0.4, -0.2) is 19.1 Å². The van der Waals surface area contributed by atoms with Crippen LogP contribution in [0.4, 0.5) is 5.69 Å². The molecule has 0 aromatic heterocycles. The quantitative estimate of drug-likeness (QED) is 0.733. The van der Waals surface area contributed by atoms with Crippen molar-refractivity contribution in [3.8, 4) is 5.75 Å². The van der Waals surface area contributed by atoms with Crippen LogP contribution >= 0.6 is 12.4 Å². The number of anilines is 1. The average Bonchev–Trinajstić information content (AvgIpc) is 2.59. The third-order valence-corrected chi connectivity index (χ3v) is 3.77. The fraction of sp³-hybridized carbons (Fsp3) is 0.350. The van der Waals surface area contributed by atoms with E-state index in [0.717, 1.165) is 24.3 Å². The number of carbonyl (C=O) groups excluding carboxylic acids is 1. The summed E-state index contributed by atoms with van der Waals surface area (Å²) in [6.07, 6.45) is 0. The van der Waals surface area contributed by atoms with Crippen LogP contribution in [0, 0.1) is 0 Å². The second-order valence-electron chi connectivity index (χ2n) is 6.00. The molecular formula is C20H27ClN2O2. The van der Waals surface area contributed by atoms with Crippen molar-refractivity contribution in [2.24, 2.45) is 0 Å². The predicted octanol–water partition coefficient (Wildman–Crippen LogP) is 4.36. The molecule has 136 valence electrons. The Bertz CT molecular complexity index is 657. The minimum atomic E-state index is -0.160. The molecule has 0 radical (unpaired) electrons. The number of benzene rings is 2. The van der Waals surface area contributed by atoms with Crippen LogP contribution < -0.4 is 15.4 Å². The van der Waals surface area contributed by atoms with E-state index >= 15 is 0 Å². The van der Waals surface area contributed by atoms with Crippen molar-refractivity contribution in [2.45, 2.75) is 33.2 Å². The highest BCUT2D eigenvalue weighted by Gasteiger charge is 2.07. The van der Waals surface area contributed by atoms with Crippen molar-refractivity contribution in [3.63, 3.8) is 0 Å². The van der Waals surface area contributed by atoms with Crippen molar-refractivity contribution in [3.05, 3.63) is 59.7 Å². The highest BCUT2D eigenvalue weighted by atomic mass is 35.5. The van der Waals surface area contributed by atoms with E-state index in [-0.39, 0.29) is 24.9 Å². The Morgan fingerprint density at radius 2 is 1.76 bits per heavy atom. The van der Waals surface area contributed by atoms with Crippen molar-refractivity contribution in [1.29, 1.82) is 0 Å². The maximum Gasteiger partial charge on any atom is 0.262 e. The molecule has 2 N–H and O–H groups in total. The molecule has 2 rings (SSSR count). The molecule has 0 aliphatic carbocycles. The van der Waals surface area contributed by atoms with Crippen LogP contribution in [-0.2, 0) is 11.3 Å². The van der Waals surface area contributed by atoms with Crippen LogP contribution in [0.25, 0.3) is 0 Å². The van der Waals surface area contributed by atoms with Gasteiger partial charge in [-0.15, -0.1) is 12.4 Å². The highest BCUT2D eigenvalue weighted by molar-refractivity contribution is 5.92. The van der Waals surface area contributed by atoms with E-state index in [9.17, 15) is 4.79 Å². The summed E-state index contributed by atoms with van der Waals surface area (Å²) in [5, 5.41) is 6.18. The summed E-state index contributed by atoms with van der Waals surface area (Å²) in [7, 11) is 0. The van der Waals surface area contributed by atoms with Crippen LogP contribution in [0.5, 0.6) is 5.75 Å². The van der Waals surface area contributed by atoms with Gasteiger partial charge in [-0.1, -0.05) is 51.1 Å². The number of amides is 1. The zero-order valence-corrected chi connectivity index (χ0v) is 15.9. The third kappa shape index (κ3) is 6.77. The molecule has 0 atom stereocenters. The number of ether oxygens (including phenoxy) is 1. The first-order valence-electron chi connectivity index (χ1n) is 8.41. The lowest BCUT2D eigenvalue weighted by atomic mass is 10.0. The Kier molecular flexibility index (Phi) is 9.03. The zero-order valence-electron chi connectivity index (χ0n) is 15.0. The summed E-state index contributed by atoms with van der Waals surface area (Å²) in [6.45, 7) is 7.96. The van der Waals surface area contributed by atoms with Crippen molar-refractivity contribution < 1.29 is 9.53 Å². The Morgan fingerprint density at radius 3 is 2.40 bits per heavy atom. The number of carbonyl (C=O) groups is 1. The van der Waals surface area contributed by atoms with Gasteiger partial charge in [0, 0.05) is 12.2 Å². The minimum absolute atomic E-state index is 0. The standard InChI is InChI=1S/C20H26N2O2.ClH/c1-4-21-13-17-7-5-6-8-19(17)22-20(23)14-24-18-11-9-16(10-12-18)15(2)3;/h5-12,15,21H,4,13-14H2,1-3H3,(H,22,23);1H. The van der Waals surface area contributed by atoms with E-state index < -0.39 is 0 Å². The maximum absolute atomic E-state index is 12.1. The molecule has 5 heteroatoms. The van der Waals surface area contributed by atoms with Gasteiger partial charge in [-0.3, -0.25) is 4.79 Å². The van der Waals surface area contributed by atoms with Gasteiger partial charge in [0.25, 0.3) is 5.91 Å². The third-order valence-electron chi connectivity index (χ3n) is 3.77. The second kappa shape index (κ2) is 10.7. The first kappa shape index (κ1) is 21.0. The molecular weight excluding hydrogens is 336 g/mol. The van der Waals surface area contributed by atoms with E-state index in [1.807, 2.05) is 48.5 Å². The topological polar surface area (TPSA) is 50.4 Å². The Labute approximate surface area is 156 Å². The SMILES string of the molecule is CCNCc1ccccc1NC(=O)COc1ccc(C(C)C)cc1.Cl. The van der Waals surface area contributed by atoms with Gasteiger partial charge in [0.2, 0.25) is 0 Å². The molecule has 2 aromatic carbocycles. The van der Waals surface area contributed by atoms with Crippen LogP contribution in [0.1, 0.15) is 37.8 Å². The molecule has 0 aliphatic rings. The van der Waals surface area contributed by atoms with Gasteiger partial charge < -0.3 is 15.4 Å². The molecule has 0 bridgehead atoms. The van der Waals surface area contributed by atoms with Gasteiger partial charge in [0.05, 0.1) is 0 Å². The molecule has 0 saturated carbocycles. The van der Waals surface area contributed by atoms with Crippen LogP contribution in [0.15, 0.2) is 48.5 Å². The number of rotatable bonds is 8. The average molecular weight is 363 g/mol. The van der Waals surface area contributed by atoms with E-state index in [1.54, 1.807) is 0 Å². The van der Waals surface area contributed by atoms with Gasteiger partial charge >= 0.3 is 0 Å². The Hall–Kier alpha value is -2.04. The molecule has 4 nitrogen and oxygen atoms in total. The Balaban J connectivity index is 0.00000312. The maximum atomic E-state index is 12.1. The summed E-state index contributed by atoms with van der Waals surface area (Å²) >= 11 is 0. The first-order valence-corrected chi connectivity index (χ1v) is 8.41. The molecule has 1 amide bonds. The zero-order chi connectivity index (χ0) is 17.4. The predicted molar refractivity (Wildman–Crippen MR) is 106 cm³/mol. The monoisotopic (exact) mass is 362 g/mol. The number of hydrogen-bond acceptors (Lipinski definition) is 3. The molecule has 0 fully saturated rings. The number of halogens is 1. The summed E-state index contributed by atoms with van der Waals surface area (Å²) in [5.41, 5.74) is 3.14. The van der Waals surface area contributed by atoms with Crippen molar-refractivity contribution >= 4 is 24.0 Å². The van der Waals surface area contributed by atoms with Gasteiger partial charge in [0.1, 0.15) is 5.75 Å². The lowest BCUT2D eigenvalue weighted by Gasteiger charge is -2.12. The van der Waals surface area contributed by atoms with E-state index in [0.29, 0.717) is 11.7 Å². The number of hydrogen-bond donors (Lipinski definition) is 2. The number of nitrogens with one attached hydrogen (secondary N) is 2. The summed E-state index contributed by atoms with van der Waals surface area (Å²) in [5.74, 6) is 1.03. The second-order valence-corrected chi connectivity index (χ2v) is 6.00. The van der Waals surface area contributed by atoms with Crippen molar-refractivity contribution in [1.82, 2.24) is 5.32 Å². The highest BCUT2D eigenvalue weighted by Crippen LogP contribution is 2.19. The fourth-order valence-corrected chi connectivity index (χ4v) is 2.34. The van der Waals surface area contributed by atoms with E-state index in [2.05, 4.69) is 31.4 Å². The first-order chi connectivity index (χ1) is 11.6. The molecule has 2 aromatic rings. The van der Waals surface area contributed by atoms with E-state index in [1.165, 1.54) is 5.56 Å². The van der Waals surface area contributed by atoms with Crippen LogP contribution in [0.3, 0.4) is 0 Å². The normalized spacial score (nSPS) is 10.2. The van der Waals surface area contributed by atoms with E-state index in [4.69, 9.17) is 4.74 Å². The lowest BCUT2D eigenvalue weighted by molar-refractivity contribution is -0.118. The molecule has 0 saturated heterocycles. The Morgan fingerprint density at radius 1 is 1.08 bits per heavy atom. The lowest BCUT2D eigenvalue weighted by Crippen LogP contribution is -2.22. The van der Waals surface area contributed by atoms with Gasteiger partial charge in [-0.25, -0.2) is 0 Å². The van der Waals surface area contributed by atoms with Crippen LogP contribution in [0.2, 0.25) is 0 Å². The summed E-state index contributed by atoms with van der Waals surface area (Å²) in [4.78, 5) is 12.1. The van der Waals surface area contributed by atoms with Crippen molar-refractivity contribution in [2.75, 3.05) is 18.5 Å². The molecule has 0 unspecified atom stereocenters. The minimum Gasteiger partial charge on any atom is -0.484 e. The molecule has 0 heterocycles. The molecule has 0 aliphatic heterocycles. The number of para-hydroxylation sites is 1. The summed E-state index contributed by atoms with van der Waals surface area (Å²) in [6, 6.07) is 15.7. The fourth-order valence-electron chi connectivity index (χ4n) is 2.34. The summed E-state index contributed by atoms with van der Waals surface area (Å²) < 4.78 is 5.57. The molecule has 0 spiro atoms. The largest absolute Gasteiger partial charge is 0.484 e. The van der Waals surface area contributed by atoms with Gasteiger partial charge in [0.15, 0.2) is 6.61 Å². The smallest absolute Gasteiger partial charge is 0.262 e. The van der Waals surface area contributed by atoms with Gasteiger partial charge in [-0.2, -0.15) is 0 Å². The molecule has 25 heavy (non-hydrogen) atoms.